The zero-order chi connectivity index (χ0) is 14.3. The molecule has 2 aromatic rings. The standard InChI is InChI=1S/C16H18N2OS/c1-9-6-11(3)13(7-10(9)2)14-8-20-16(17-14)18-15(19)12-4-5-12/h6-8,12H,4-5H2,1-3H3,(H,17,18,19). The number of anilines is 1. The molecule has 3 rings (SSSR count). The molecule has 0 aliphatic heterocycles. The summed E-state index contributed by atoms with van der Waals surface area (Å²) in [5.74, 6) is 0.327. The van der Waals surface area contributed by atoms with E-state index in [9.17, 15) is 4.79 Å². The predicted molar refractivity (Wildman–Crippen MR) is 83.1 cm³/mol. The van der Waals surface area contributed by atoms with E-state index >= 15 is 0 Å². The highest BCUT2D eigenvalue weighted by atomic mass is 32.1. The van der Waals surface area contributed by atoms with Gasteiger partial charge in [-0.3, -0.25) is 4.79 Å². The maximum absolute atomic E-state index is 11.7. The van der Waals surface area contributed by atoms with Crippen LogP contribution in [0.2, 0.25) is 0 Å². The molecule has 1 amide bonds. The number of carbonyl (C=O) groups is 1. The molecule has 1 aromatic carbocycles. The third-order valence-electron chi connectivity index (χ3n) is 3.80. The zero-order valence-corrected chi connectivity index (χ0v) is 12.8. The van der Waals surface area contributed by atoms with Crippen LogP contribution in [-0.4, -0.2) is 10.9 Å². The highest BCUT2D eigenvalue weighted by molar-refractivity contribution is 7.14. The van der Waals surface area contributed by atoms with Gasteiger partial charge in [-0.25, -0.2) is 4.98 Å². The summed E-state index contributed by atoms with van der Waals surface area (Å²) in [6.07, 6.45) is 2.03. The Labute approximate surface area is 123 Å². The van der Waals surface area contributed by atoms with Crippen LogP contribution in [0, 0.1) is 26.7 Å². The van der Waals surface area contributed by atoms with E-state index in [1.807, 2.05) is 5.38 Å². The number of hydrogen-bond acceptors (Lipinski definition) is 3. The van der Waals surface area contributed by atoms with Gasteiger partial charge in [0.25, 0.3) is 0 Å². The minimum absolute atomic E-state index is 0.114. The first kappa shape index (κ1) is 13.3. The van der Waals surface area contributed by atoms with E-state index in [-0.39, 0.29) is 11.8 Å². The lowest BCUT2D eigenvalue weighted by atomic mass is 9.99. The van der Waals surface area contributed by atoms with Gasteiger partial charge in [0.05, 0.1) is 5.69 Å². The fraction of sp³-hybridized carbons (Fsp3) is 0.375. The number of amides is 1. The van der Waals surface area contributed by atoms with Crippen molar-refractivity contribution >= 4 is 22.4 Å². The van der Waals surface area contributed by atoms with Gasteiger partial charge in [0.1, 0.15) is 0 Å². The first-order chi connectivity index (χ1) is 9.54. The fourth-order valence-corrected chi connectivity index (χ4v) is 2.96. The second-order valence-electron chi connectivity index (χ2n) is 5.55. The summed E-state index contributed by atoms with van der Waals surface area (Å²) in [6, 6.07) is 4.36. The van der Waals surface area contributed by atoms with Crippen LogP contribution in [0.25, 0.3) is 11.3 Å². The number of thiazole rings is 1. The smallest absolute Gasteiger partial charge is 0.229 e. The third-order valence-corrected chi connectivity index (χ3v) is 4.56. The normalized spacial score (nSPS) is 14.3. The average molecular weight is 286 g/mol. The SMILES string of the molecule is Cc1cc(C)c(-c2csc(NC(=O)C3CC3)n2)cc1C. The minimum Gasteiger partial charge on any atom is -0.302 e. The maximum atomic E-state index is 11.7. The highest BCUT2D eigenvalue weighted by Crippen LogP contribution is 2.32. The van der Waals surface area contributed by atoms with E-state index in [1.54, 1.807) is 0 Å². The summed E-state index contributed by atoms with van der Waals surface area (Å²) < 4.78 is 0. The molecule has 0 saturated heterocycles. The molecule has 1 aromatic heterocycles. The van der Waals surface area contributed by atoms with Crippen molar-refractivity contribution in [3.05, 3.63) is 34.2 Å². The van der Waals surface area contributed by atoms with Gasteiger partial charge in [-0.15, -0.1) is 11.3 Å². The molecule has 1 saturated carbocycles. The number of aromatic nitrogens is 1. The van der Waals surface area contributed by atoms with Crippen molar-refractivity contribution in [3.8, 4) is 11.3 Å². The Morgan fingerprint density at radius 3 is 2.60 bits per heavy atom. The van der Waals surface area contributed by atoms with E-state index in [0.717, 1.165) is 24.1 Å². The van der Waals surface area contributed by atoms with Crippen LogP contribution in [0.1, 0.15) is 29.5 Å². The average Bonchev–Trinajstić information content (AvgIpc) is 3.15. The second kappa shape index (κ2) is 5.02. The molecular formula is C16H18N2OS. The van der Waals surface area contributed by atoms with Crippen molar-refractivity contribution in [3.63, 3.8) is 0 Å². The van der Waals surface area contributed by atoms with E-state index in [1.165, 1.54) is 28.0 Å². The van der Waals surface area contributed by atoms with E-state index in [2.05, 4.69) is 43.2 Å². The minimum atomic E-state index is 0.114. The van der Waals surface area contributed by atoms with Crippen LogP contribution in [0.15, 0.2) is 17.5 Å². The predicted octanol–water partition coefficient (Wildman–Crippen LogP) is 4.08. The summed E-state index contributed by atoms with van der Waals surface area (Å²) in [5.41, 5.74) is 5.88. The van der Waals surface area contributed by atoms with Crippen molar-refractivity contribution in [2.24, 2.45) is 5.92 Å². The number of benzene rings is 1. The Kier molecular flexibility index (Phi) is 3.34. The number of rotatable bonds is 3. The zero-order valence-electron chi connectivity index (χ0n) is 12.0. The number of hydrogen-bond donors (Lipinski definition) is 1. The molecule has 0 bridgehead atoms. The summed E-state index contributed by atoms with van der Waals surface area (Å²) in [5, 5.41) is 5.62. The van der Waals surface area contributed by atoms with Crippen LogP contribution < -0.4 is 5.32 Å². The van der Waals surface area contributed by atoms with Gasteiger partial charge in [-0.1, -0.05) is 6.07 Å². The first-order valence-corrected chi connectivity index (χ1v) is 7.77. The van der Waals surface area contributed by atoms with Crippen molar-refractivity contribution in [2.45, 2.75) is 33.6 Å². The van der Waals surface area contributed by atoms with Crippen molar-refractivity contribution in [1.29, 1.82) is 0 Å². The van der Waals surface area contributed by atoms with Crippen LogP contribution in [0.4, 0.5) is 5.13 Å². The number of nitrogens with one attached hydrogen (secondary N) is 1. The lowest BCUT2D eigenvalue weighted by Crippen LogP contribution is -2.12. The molecule has 1 aliphatic rings. The number of nitrogens with zero attached hydrogens (tertiary/aromatic N) is 1. The van der Waals surface area contributed by atoms with E-state index in [0.29, 0.717) is 5.13 Å². The molecule has 4 heteroatoms. The van der Waals surface area contributed by atoms with Crippen molar-refractivity contribution in [2.75, 3.05) is 5.32 Å². The van der Waals surface area contributed by atoms with Gasteiger partial charge in [-0.2, -0.15) is 0 Å². The number of aryl methyl sites for hydroxylation is 3. The van der Waals surface area contributed by atoms with E-state index < -0.39 is 0 Å². The van der Waals surface area contributed by atoms with Crippen LogP contribution in [0.3, 0.4) is 0 Å². The van der Waals surface area contributed by atoms with Gasteiger partial charge >= 0.3 is 0 Å². The van der Waals surface area contributed by atoms with Gasteiger partial charge in [0.15, 0.2) is 5.13 Å². The topological polar surface area (TPSA) is 42.0 Å². The van der Waals surface area contributed by atoms with Gasteiger partial charge in [0, 0.05) is 16.9 Å². The Morgan fingerprint density at radius 1 is 1.20 bits per heavy atom. The molecule has 1 N–H and O–H groups in total. The van der Waals surface area contributed by atoms with Crippen molar-refractivity contribution < 1.29 is 4.79 Å². The quantitative estimate of drug-likeness (QED) is 0.923. The molecule has 3 nitrogen and oxygen atoms in total. The second-order valence-corrected chi connectivity index (χ2v) is 6.41. The lowest BCUT2D eigenvalue weighted by Gasteiger charge is -2.07. The molecule has 104 valence electrons. The largest absolute Gasteiger partial charge is 0.302 e. The van der Waals surface area contributed by atoms with Crippen LogP contribution in [0.5, 0.6) is 0 Å². The molecule has 0 spiro atoms. The molecule has 20 heavy (non-hydrogen) atoms. The van der Waals surface area contributed by atoms with Crippen LogP contribution >= 0.6 is 11.3 Å². The molecule has 1 fully saturated rings. The van der Waals surface area contributed by atoms with Crippen LogP contribution in [-0.2, 0) is 4.79 Å². The Bertz CT molecular complexity index is 671. The van der Waals surface area contributed by atoms with Gasteiger partial charge < -0.3 is 5.32 Å². The first-order valence-electron chi connectivity index (χ1n) is 6.89. The number of carbonyl (C=O) groups excluding carboxylic acids is 1. The molecular weight excluding hydrogens is 268 g/mol. The Hall–Kier alpha value is -1.68. The monoisotopic (exact) mass is 286 g/mol. The Morgan fingerprint density at radius 2 is 1.90 bits per heavy atom. The maximum Gasteiger partial charge on any atom is 0.229 e. The molecule has 1 heterocycles. The van der Waals surface area contributed by atoms with Gasteiger partial charge in [-0.05, 0) is 56.4 Å². The molecule has 0 radical (unpaired) electrons. The molecule has 1 aliphatic carbocycles. The summed E-state index contributed by atoms with van der Waals surface area (Å²) in [7, 11) is 0. The third kappa shape index (κ3) is 2.61. The van der Waals surface area contributed by atoms with Gasteiger partial charge in [0.2, 0.25) is 5.91 Å². The molecule has 0 atom stereocenters. The molecule has 0 unspecified atom stereocenters. The Balaban J connectivity index is 1.86. The van der Waals surface area contributed by atoms with E-state index in [4.69, 9.17) is 0 Å². The summed E-state index contributed by atoms with van der Waals surface area (Å²) >= 11 is 1.49. The van der Waals surface area contributed by atoms with Crippen molar-refractivity contribution in [1.82, 2.24) is 4.98 Å². The fourth-order valence-electron chi connectivity index (χ4n) is 2.24. The highest BCUT2D eigenvalue weighted by Gasteiger charge is 2.30. The summed E-state index contributed by atoms with van der Waals surface area (Å²) in [6.45, 7) is 6.33. The summed E-state index contributed by atoms with van der Waals surface area (Å²) in [4.78, 5) is 16.3. The lowest BCUT2D eigenvalue weighted by molar-refractivity contribution is -0.117.